The van der Waals surface area contributed by atoms with Gasteiger partial charge in [0.05, 0.1) is 5.69 Å². The first-order valence-corrected chi connectivity index (χ1v) is 12.1. The van der Waals surface area contributed by atoms with E-state index >= 15 is 0 Å². The smallest absolute Gasteiger partial charge is 0.327 e. The summed E-state index contributed by atoms with van der Waals surface area (Å²) in [6, 6.07) is 6.85. The van der Waals surface area contributed by atoms with Gasteiger partial charge in [0.2, 0.25) is 5.88 Å². The van der Waals surface area contributed by atoms with Crippen molar-refractivity contribution in [3.05, 3.63) is 24.3 Å². The Hall–Kier alpha value is -2.15. The van der Waals surface area contributed by atoms with Crippen LogP contribution in [-0.2, 0) is 11.0 Å². The number of hydrogen-bond donors (Lipinski definition) is 2. The number of hydrogen-bond acceptors (Lipinski definition) is 7. The zero-order valence-electron chi connectivity index (χ0n) is 17.2. The number of thiazole rings is 1. The van der Waals surface area contributed by atoms with Crippen molar-refractivity contribution in [1.29, 1.82) is 0 Å². The maximum atomic E-state index is 12.6. The van der Waals surface area contributed by atoms with Crippen LogP contribution < -0.4 is 10.2 Å². The molecule has 1 fully saturated rings. The lowest BCUT2D eigenvalue weighted by atomic mass is 10.3. The van der Waals surface area contributed by atoms with Gasteiger partial charge in [0.25, 0.3) is 0 Å². The van der Waals surface area contributed by atoms with E-state index in [-0.39, 0.29) is 15.2 Å². The number of amidine groups is 1. The molecule has 1 atom stereocenters. The second-order valence-corrected chi connectivity index (χ2v) is 10.5. The van der Waals surface area contributed by atoms with Gasteiger partial charge in [-0.15, -0.1) is 0 Å². The number of carbonyl (C=O) groups is 1. The molecular formula is C18H24N6O3S3. The number of rotatable bonds is 6. The quantitative estimate of drug-likeness (QED) is 0.675. The van der Waals surface area contributed by atoms with Crippen LogP contribution in [-0.4, -0.2) is 74.7 Å². The summed E-state index contributed by atoms with van der Waals surface area (Å²) in [7, 11) is 3.26. The van der Waals surface area contributed by atoms with Crippen LogP contribution in [0.3, 0.4) is 0 Å². The van der Waals surface area contributed by atoms with Gasteiger partial charge < -0.3 is 15.3 Å². The van der Waals surface area contributed by atoms with E-state index < -0.39 is 17.0 Å². The number of aliphatic imine (C=N–C) groups is 1. The van der Waals surface area contributed by atoms with Crippen LogP contribution in [0.4, 0.5) is 21.3 Å². The topological polar surface area (TPSA) is 101 Å². The summed E-state index contributed by atoms with van der Waals surface area (Å²) in [4.78, 5) is 24.7. The molecule has 3 rings (SSSR count). The fourth-order valence-electron chi connectivity index (χ4n) is 2.56. The number of thioether (sulfide) groups is 1. The third-order valence-corrected chi connectivity index (χ3v) is 7.99. The molecule has 2 N–H and O–H groups in total. The van der Waals surface area contributed by atoms with Crippen LogP contribution in [0.15, 0.2) is 33.5 Å². The summed E-state index contributed by atoms with van der Waals surface area (Å²) in [5.41, 5.74) is 1.44. The van der Waals surface area contributed by atoms with E-state index in [1.54, 1.807) is 38.0 Å². The van der Waals surface area contributed by atoms with Crippen molar-refractivity contribution in [2.75, 3.05) is 50.2 Å². The molecule has 0 saturated carbocycles. The Labute approximate surface area is 186 Å². The van der Waals surface area contributed by atoms with Crippen LogP contribution in [0.1, 0.15) is 6.92 Å². The van der Waals surface area contributed by atoms with Gasteiger partial charge in [-0.3, -0.25) is 4.90 Å². The van der Waals surface area contributed by atoms with E-state index in [0.717, 1.165) is 41.0 Å². The van der Waals surface area contributed by atoms with Crippen molar-refractivity contribution in [2.24, 2.45) is 4.99 Å². The molecule has 0 bridgehead atoms. The molecule has 2 amide bonds. The average Bonchev–Trinajstić information content (AvgIpc) is 3.34. The van der Waals surface area contributed by atoms with Crippen molar-refractivity contribution in [3.63, 3.8) is 0 Å². The SMILES string of the molecule is CCN1CCSC1=Nc1ccc(NC(=O)N(C)c2nc(O)c(S(=O)N(C)C)s2)cc1. The molecule has 0 aliphatic carbocycles. The summed E-state index contributed by atoms with van der Waals surface area (Å²) in [5.74, 6) is 0.708. The zero-order chi connectivity index (χ0) is 21.8. The Kier molecular flexibility index (Phi) is 7.34. The Balaban J connectivity index is 1.67. The van der Waals surface area contributed by atoms with Gasteiger partial charge in [-0.25, -0.2) is 18.3 Å². The van der Waals surface area contributed by atoms with Gasteiger partial charge in [0.1, 0.15) is 11.0 Å². The van der Waals surface area contributed by atoms with Crippen molar-refractivity contribution in [3.8, 4) is 5.88 Å². The highest BCUT2D eigenvalue weighted by molar-refractivity contribution is 8.14. The molecule has 1 aromatic carbocycles. The van der Waals surface area contributed by atoms with Crippen LogP contribution in [0.2, 0.25) is 0 Å². The summed E-state index contributed by atoms with van der Waals surface area (Å²) in [5, 5.41) is 14.0. The van der Waals surface area contributed by atoms with Crippen molar-refractivity contribution in [2.45, 2.75) is 11.1 Å². The molecule has 9 nitrogen and oxygen atoms in total. The molecule has 1 unspecified atom stereocenters. The van der Waals surface area contributed by atoms with Crippen molar-refractivity contribution >= 4 is 61.8 Å². The third kappa shape index (κ3) is 5.12. The normalized spacial score (nSPS) is 16.3. The van der Waals surface area contributed by atoms with Crippen molar-refractivity contribution in [1.82, 2.24) is 14.2 Å². The Morgan fingerprint density at radius 1 is 1.33 bits per heavy atom. The molecule has 12 heteroatoms. The first-order valence-electron chi connectivity index (χ1n) is 9.20. The number of nitrogens with one attached hydrogen (secondary N) is 1. The molecule has 0 radical (unpaired) electrons. The van der Waals surface area contributed by atoms with Crippen molar-refractivity contribution < 1.29 is 14.1 Å². The van der Waals surface area contributed by atoms with Crippen LogP contribution in [0.25, 0.3) is 0 Å². The molecule has 1 aliphatic heterocycles. The molecule has 2 aromatic rings. The predicted octanol–water partition coefficient (Wildman–Crippen LogP) is 3.16. The molecule has 30 heavy (non-hydrogen) atoms. The first-order chi connectivity index (χ1) is 14.3. The standard InChI is InChI=1S/C18H24N6O3S3/c1-5-24-10-11-28-18(24)20-13-8-6-12(7-9-13)19-16(26)23(4)17-21-14(25)15(29-17)30(27)22(2)3/h6-9,25H,5,10-11H2,1-4H3,(H,19,26). The van der Waals surface area contributed by atoms with Crippen LogP contribution in [0.5, 0.6) is 5.88 Å². The van der Waals surface area contributed by atoms with Gasteiger partial charge in [-0.2, -0.15) is 4.98 Å². The summed E-state index contributed by atoms with van der Waals surface area (Å²) in [6.07, 6.45) is 0. The fraction of sp³-hybridized carbons (Fsp3) is 0.389. The second kappa shape index (κ2) is 9.77. The first kappa shape index (κ1) is 22.5. The lowest BCUT2D eigenvalue weighted by molar-refractivity contribution is 0.258. The highest BCUT2D eigenvalue weighted by Crippen LogP contribution is 2.33. The largest absolute Gasteiger partial charge is 0.492 e. The van der Waals surface area contributed by atoms with Gasteiger partial charge in [0, 0.05) is 31.6 Å². The van der Waals surface area contributed by atoms with Crippen LogP contribution in [0, 0.1) is 0 Å². The lowest BCUT2D eigenvalue weighted by Gasteiger charge is -2.15. The Morgan fingerprint density at radius 2 is 2.03 bits per heavy atom. The number of aromatic nitrogens is 1. The van der Waals surface area contributed by atoms with E-state index in [4.69, 9.17) is 0 Å². The van der Waals surface area contributed by atoms with Gasteiger partial charge >= 0.3 is 6.03 Å². The minimum absolute atomic E-state index is 0.198. The molecule has 0 spiro atoms. The van der Waals surface area contributed by atoms with Gasteiger partial charge in [0.15, 0.2) is 14.5 Å². The summed E-state index contributed by atoms with van der Waals surface area (Å²) in [6.45, 7) is 4.05. The monoisotopic (exact) mass is 468 g/mol. The number of carbonyl (C=O) groups excluding carboxylic acids is 1. The number of benzene rings is 1. The molecule has 1 aliphatic rings. The molecule has 1 saturated heterocycles. The van der Waals surface area contributed by atoms with Gasteiger partial charge in [-0.1, -0.05) is 23.1 Å². The second-order valence-electron chi connectivity index (χ2n) is 6.53. The molecule has 162 valence electrons. The van der Waals surface area contributed by atoms with E-state index in [2.05, 4.69) is 27.1 Å². The highest BCUT2D eigenvalue weighted by Gasteiger charge is 2.23. The zero-order valence-corrected chi connectivity index (χ0v) is 19.6. The number of amides is 2. The Bertz CT molecular complexity index is 961. The average molecular weight is 469 g/mol. The maximum Gasteiger partial charge on any atom is 0.327 e. The fourth-order valence-corrected chi connectivity index (χ4v) is 5.78. The number of urea groups is 1. The van der Waals surface area contributed by atoms with E-state index in [0.29, 0.717) is 5.69 Å². The number of nitrogens with zero attached hydrogens (tertiary/aromatic N) is 5. The third-order valence-electron chi connectivity index (χ3n) is 4.24. The van der Waals surface area contributed by atoms with E-state index in [1.807, 2.05) is 12.1 Å². The number of aromatic hydroxyl groups is 1. The minimum atomic E-state index is -1.54. The minimum Gasteiger partial charge on any atom is -0.492 e. The maximum absolute atomic E-state index is 12.6. The predicted molar refractivity (Wildman–Crippen MR) is 125 cm³/mol. The van der Waals surface area contributed by atoms with E-state index in [9.17, 15) is 14.1 Å². The molecule has 2 heterocycles. The molecule has 1 aromatic heterocycles. The summed E-state index contributed by atoms with van der Waals surface area (Å²) < 4.78 is 13.8. The number of anilines is 2. The van der Waals surface area contributed by atoms with Gasteiger partial charge in [-0.05, 0) is 45.3 Å². The molecular weight excluding hydrogens is 444 g/mol. The Morgan fingerprint density at radius 3 is 2.67 bits per heavy atom. The van der Waals surface area contributed by atoms with E-state index in [1.165, 1.54) is 16.3 Å². The summed E-state index contributed by atoms with van der Waals surface area (Å²) >= 11 is 2.74. The highest BCUT2D eigenvalue weighted by atomic mass is 32.2. The lowest BCUT2D eigenvalue weighted by Crippen LogP contribution is -2.30. The van der Waals surface area contributed by atoms with Crippen LogP contribution >= 0.6 is 23.1 Å².